The lowest BCUT2D eigenvalue weighted by molar-refractivity contribution is -0.125. The zero-order valence-electron chi connectivity index (χ0n) is 15.1. The predicted octanol–water partition coefficient (Wildman–Crippen LogP) is 3.69. The summed E-state index contributed by atoms with van der Waals surface area (Å²) < 4.78 is 5.66. The van der Waals surface area contributed by atoms with Gasteiger partial charge in [0.1, 0.15) is 5.75 Å². The van der Waals surface area contributed by atoms with E-state index in [1.807, 2.05) is 52.0 Å². The number of ether oxygens (including phenoxy) is 1. The minimum atomic E-state index is -0.524. The van der Waals surface area contributed by atoms with E-state index >= 15 is 0 Å². The molecule has 5 heteroatoms. The van der Waals surface area contributed by atoms with Crippen molar-refractivity contribution in [3.8, 4) is 5.75 Å². The van der Waals surface area contributed by atoms with Crippen molar-refractivity contribution in [3.63, 3.8) is 0 Å². The van der Waals surface area contributed by atoms with Gasteiger partial charge >= 0.3 is 0 Å². The number of amides is 1. The van der Waals surface area contributed by atoms with Crippen molar-refractivity contribution in [1.29, 1.82) is 0 Å². The number of rotatable bonds is 6. The Balaban J connectivity index is 0.00000484. The van der Waals surface area contributed by atoms with Gasteiger partial charge < -0.3 is 15.8 Å². The Kier molecular flexibility index (Phi) is 8.64. The normalized spacial score (nSPS) is 13.9. The number of benzene rings is 1. The lowest BCUT2D eigenvalue weighted by Crippen LogP contribution is -2.49. The van der Waals surface area contributed by atoms with Crippen LogP contribution in [0.4, 0.5) is 0 Å². The molecule has 0 bridgehead atoms. The highest BCUT2D eigenvalue weighted by atomic mass is 35.5. The van der Waals surface area contributed by atoms with Crippen molar-refractivity contribution in [2.24, 2.45) is 17.1 Å². The maximum Gasteiger partial charge on any atom is 0.237 e. The predicted molar refractivity (Wildman–Crippen MR) is 98.0 cm³/mol. The third-order valence-electron chi connectivity index (χ3n) is 3.54. The summed E-state index contributed by atoms with van der Waals surface area (Å²) in [5.74, 6) is 1.22. The van der Waals surface area contributed by atoms with Crippen LogP contribution < -0.4 is 15.8 Å². The molecule has 0 aromatic heterocycles. The van der Waals surface area contributed by atoms with Crippen LogP contribution in [0, 0.1) is 11.3 Å². The molecule has 0 aliphatic rings. The fraction of sp³-hybridized carbons (Fsp3) is 0.611. The average Bonchev–Trinajstić information content (AvgIpc) is 2.43. The molecular weight excluding hydrogens is 312 g/mol. The number of nitrogens with one attached hydrogen (secondary N) is 1. The van der Waals surface area contributed by atoms with E-state index in [9.17, 15) is 4.79 Å². The van der Waals surface area contributed by atoms with E-state index in [1.165, 1.54) is 0 Å². The number of carbonyl (C=O) groups excluding carboxylic acids is 1. The number of hydrogen-bond donors (Lipinski definition) is 2. The molecule has 0 aliphatic heterocycles. The summed E-state index contributed by atoms with van der Waals surface area (Å²) in [5, 5.41) is 2.97. The molecule has 0 radical (unpaired) electrons. The molecule has 1 aromatic carbocycles. The summed E-state index contributed by atoms with van der Waals surface area (Å²) in [6.45, 7) is 12.8. The first-order chi connectivity index (χ1) is 10.1. The molecule has 1 rings (SSSR count). The number of nitrogens with two attached hydrogens (primary N) is 1. The number of carbonyl (C=O) groups is 1. The van der Waals surface area contributed by atoms with Gasteiger partial charge in [0, 0.05) is 0 Å². The van der Waals surface area contributed by atoms with Crippen LogP contribution in [0.3, 0.4) is 0 Å². The van der Waals surface area contributed by atoms with Gasteiger partial charge in [-0.1, -0.05) is 46.8 Å². The zero-order chi connectivity index (χ0) is 16.9. The summed E-state index contributed by atoms with van der Waals surface area (Å²) in [6.07, 6.45) is 0. The fourth-order valence-corrected chi connectivity index (χ4v) is 1.90. The van der Waals surface area contributed by atoms with Crippen molar-refractivity contribution in [2.75, 3.05) is 6.61 Å². The van der Waals surface area contributed by atoms with Gasteiger partial charge in [-0.25, -0.2) is 0 Å². The summed E-state index contributed by atoms with van der Waals surface area (Å²) in [6, 6.07) is 7.21. The van der Waals surface area contributed by atoms with Crippen LogP contribution in [0.15, 0.2) is 24.3 Å². The molecule has 0 fully saturated rings. The Morgan fingerprint density at radius 3 is 2.13 bits per heavy atom. The maximum absolute atomic E-state index is 12.2. The van der Waals surface area contributed by atoms with Crippen molar-refractivity contribution < 1.29 is 9.53 Å². The zero-order valence-corrected chi connectivity index (χ0v) is 15.9. The first-order valence-electron chi connectivity index (χ1n) is 7.90. The SMILES string of the molecule is CC(C)COc1ccc(C(C)NC(=O)[C@@H](N)C(C)(C)C)cc1.Cl. The van der Waals surface area contributed by atoms with Gasteiger partial charge in [-0.2, -0.15) is 0 Å². The minimum absolute atomic E-state index is 0. The summed E-state index contributed by atoms with van der Waals surface area (Å²) in [4.78, 5) is 12.2. The second kappa shape index (κ2) is 9.14. The van der Waals surface area contributed by atoms with E-state index in [0.29, 0.717) is 12.5 Å². The average molecular weight is 343 g/mol. The Bertz CT molecular complexity index is 481. The molecule has 1 aromatic rings. The highest BCUT2D eigenvalue weighted by Crippen LogP contribution is 2.21. The third kappa shape index (κ3) is 7.23. The van der Waals surface area contributed by atoms with Gasteiger partial charge in [0.2, 0.25) is 5.91 Å². The second-order valence-corrected chi connectivity index (χ2v) is 7.35. The van der Waals surface area contributed by atoms with E-state index in [-0.39, 0.29) is 29.8 Å². The molecule has 23 heavy (non-hydrogen) atoms. The van der Waals surface area contributed by atoms with Gasteiger partial charge in [-0.05, 0) is 36.0 Å². The monoisotopic (exact) mass is 342 g/mol. The molecule has 0 saturated heterocycles. The highest BCUT2D eigenvalue weighted by molar-refractivity contribution is 5.85. The number of halogens is 1. The highest BCUT2D eigenvalue weighted by Gasteiger charge is 2.28. The van der Waals surface area contributed by atoms with Gasteiger partial charge in [0.25, 0.3) is 0 Å². The summed E-state index contributed by atoms with van der Waals surface area (Å²) in [7, 11) is 0. The lowest BCUT2D eigenvalue weighted by atomic mass is 9.86. The Labute approximate surface area is 146 Å². The smallest absolute Gasteiger partial charge is 0.237 e. The van der Waals surface area contributed by atoms with Crippen molar-refractivity contribution in [3.05, 3.63) is 29.8 Å². The van der Waals surface area contributed by atoms with Crippen molar-refractivity contribution in [2.45, 2.75) is 53.6 Å². The topological polar surface area (TPSA) is 64.3 Å². The van der Waals surface area contributed by atoms with E-state index in [2.05, 4.69) is 19.2 Å². The van der Waals surface area contributed by atoms with Gasteiger partial charge in [-0.3, -0.25) is 4.79 Å². The van der Waals surface area contributed by atoms with Crippen LogP contribution in [-0.4, -0.2) is 18.6 Å². The molecule has 0 saturated carbocycles. The quantitative estimate of drug-likeness (QED) is 0.828. The van der Waals surface area contributed by atoms with Crippen LogP contribution >= 0.6 is 12.4 Å². The molecule has 1 amide bonds. The van der Waals surface area contributed by atoms with Gasteiger partial charge in [-0.15, -0.1) is 12.4 Å². The van der Waals surface area contributed by atoms with Crippen LogP contribution in [0.2, 0.25) is 0 Å². The lowest BCUT2D eigenvalue weighted by Gasteiger charge is -2.27. The molecule has 0 heterocycles. The first-order valence-corrected chi connectivity index (χ1v) is 7.90. The largest absolute Gasteiger partial charge is 0.493 e. The van der Waals surface area contributed by atoms with Crippen molar-refractivity contribution in [1.82, 2.24) is 5.32 Å². The van der Waals surface area contributed by atoms with Crippen LogP contribution in [0.1, 0.15) is 53.1 Å². The standard InChI is InChI=1S/C18H30N2O2.ClH/c1-12(2)11-22-15-9-7-14(8-10-15)13(3)20-17(21)16(19)18(4,5)6;/h7-10,12-13,16H,11,19H2,1-6H3,(H,20,21);1H/t13?,16-;/m1./s1. The summed E-state index contributed by atoms with van der Waals surface area (Å²) in [5.41, 5.74) is 6.76. The molecular formula is C18H31ClN2O2. The van der Waals surface area contributed by atoms with Crippen LogP contribution in [-0.2, 0) is 4.79 Å². The van der Waals surface area contributed by atoms with Gasteiger partial charge in [0.15, 0.2) is 0 Å². The third-order valence-corrected chi connectivity index (χ3v) is 3.54. The Hall–Kier alpha value is -1.26. The molecule has 132 valence electrons. The van der Waals surface area contributed by atoms with Crippen LogP contribution in [0.25, 0.3) is 0 Å². The number of hydrogen-bond acceptors (Lipinski definition) is 3. The van der Waals surface area contributed by atoms with E-state index in [4.69, 9.17) is 10.5 Å². The molecule has 3 N–H and O–H groups in total. The van der Waals surface area contributed by atoms with E-state index < -0.39 is 6.04 Å². The van der Waals surface area contributed by atoms with E-state index in [1.54, 1.807) is 0 Å². The van der Waals surface area contributed by atoms with Crippen molar-refractivity contribution >= 4 is 18.3 Å². The second-order valence-electron chi connectivity index (χ2n) is 7.35. The van der Waals surface area contributed by atoms with E-state index in [0.717, 1.165) is 11.3 Å². The molecule has 4 nitrogen and oxygen atoms in total. The molecule has 0 aliphatic carbocycles. The molecule has 1 unspecified atom stereocenters. The Morgan fingerprint density at radius 1 is 1.17 bits per heavy atom. The van der Waals surface area contributed by atoms with Gasteiger partial charge in [0.05, 0.1) is 18.7 Å². The molecule has 2 atom stereocenters. The minimum Gasteiger partial charge on any atom is -0.493 e. The molecule has 0 spiro atoms. The fourth-order valence-electron chi connectivity index (χ4n) is 1.90. The van der Waals surface area contributed by atoms with Crippen LogP contribution in [0.5, 0.6) is 5.75 Å². The summed E-state index contributed by atoms with van der Waals surface area (Å²) >= 11 is 0. The first kappa shape index (κ1) is 21.7. The Morgan fingerprint density at radius 2 is 1.70 bits per heavy atom. The maximum atomic E-state index is 12.2.